The predicted molar refractivity (Wildman–Crippen MR) is 90.9 cm³/mol. The van der Waals surface area contributed by atoms with Gasteiger partial charge in [-0.15, -0.1) is 0 Å². The molecule has 0 unspecified atom stereocenters. The first-order valence-electron chi connectivity index (χ1n) is 7.05. The quantitative estimate of drug-likeness (QED) is 0.806. The summed E-state index contributed by atoms with van der Waals surface area (Å²) in [6.07, 6.45) is 0. The number of nitrogens with zero attached hydrogens (tertiary/aromatic N) is 1. The molecule has 0 spiro atoms. The second-order valence-electron chi connectivity index (χ2n) is 4.67. The fourth-order valence-electron chi connectivity index (χ4n) is 2.05. The van der Waals surface area contributed by atoms with Gasteiger partial charge in [-0.3, -0.25) is 4.79 Å². The first-order chi connectivity index (χ1) is 10.9. The average molecular weight is 401 g/mol. The summed E-state index contributed by atoms with van der Waals surface area (Å²) < 4.78 is 31.7. The van der Waals surface area contributed by atoms with E-state index in [0.29, 0.717) is 23.4 Å². The van der Waals surface area contributed by atoms with Crippen molar-refractivity contribution in [3.63, 3.8) is 0 Å². The minimum absolute atomic E-state index is 0.164. The number of carbonyl (C=O) groups excluding carboxylic acids is 1. The smallest absolute Gasteiger partial charge is 0.291 e. The molecule has 2 aromatic rings. The van der Waals surface area contributed by atoms with Crippen LogP contribution < -0.4 is 5.32 Å². The minimum Gasteiger partial charge on any atom is -0.444 e. The number of sulfonamides is 1. The predicted octanol–water partition coefficient (Wildman–Crippen LogP) is 3.32. The molecular weight excluding hydrogens is 384 g/mol. The minimum atomic E-state index is -3.50. The van der Waals surface area contributed by atoms with Crippen LogP contribution >= 0.6 is 15.9 Å². The lowest BCUT2D eigenvalue weighted by molar-refractivity contribution is 0.0995. The van der Waals surface area contributed by atoms with E-state index >= 15 is 0 Å². The van der Waals surface area contributed by atoms with E-state index in [-0.39, 0.29) is 10.7 Å². The van der Waals surface area contributed by atoms with Gasteiger partial charge >= 0.3 is 0 Å². The molecule has 1 aromatic heterocycles. The van der Waals surface area contributed by atoms with Crippen LogP contribution in [-0.2, 0) is 10.0 Å². The molecule has 2 rings (SSSR count). The molecule has 0 bridgehead atoms. The SMILES string of the molecule is CCN(CC)S(=O)(=O)c1ccc(NC(=O)c2ccc(Br)o2)cc1. The van der Waals surface area contributed by atoms with Gasteiger partial charge in [-0.05, 0) is 52.3 Å². The van der Waals surface area contributed by atoms with Crippen molar-refractivity contribution in [3.05, 3.63) is 46.8 Å². The second kappa shape index (κ2) is 7.29. The summed E-state index contributed by atoms with van der Waals surface area (Å²) in [5, 5.41) is 2.65. The van der Waals surface area contributed by atoms with Crippen LogP contribution in [0.2, 0.25) is 0 Å². The van der Waals surface area contributed by atoms with E-state index in [2.05, 4.69) is 21.2 Å². The van der Waals surface area contributed by atoms with E-state index in [0.717, 1.165) is 0 Å². The van der Waals surface area contributed by atoms with Crippen molar-refractivity contribution in [2.45, 2.75) is 18.7 Å². The Labute approximate surface area is 143 Å². The molecular formula is C15H17BrN2O4S. The van der Waals surface area contributed by atoms with Gasteiger partial charge in [0.2, 0.25) is 10.0 Å². The van der Waals surface area contributed by atoms with Crippen molar-refractivity contribution in [1.29, 1.82) is 0 Å². The molecule has 0 radical (unpaired) electrons. The fourth-order valence-corrected chi connectivity index (χ4v) is 3.82. The lowest BCUT2D eigenvalue weighted by Crippen LogP contribution is -2.30. The number of hydrogen-bond donors (Lipinski definition) is 1. The zero-order chi connectivity index (χ0) is 17.0. The Kier molecular flexibility index (Phi) is 5.61. The normalized spacial score (nSPS) is 11.7. The lowest BCUT2D eigenvalue weighted by atomic mass is 10.3. The van der Waals surface area contributed by atoms with E-state index in [1.165, 1.54) is 16.4 Å². The first kappa shape index (κ1) is 17.7. The van der Waals surface area contributed by atoms with Crippen molar-refractivity contribution in [2.24, 2.45) is 0 Å². The number of anilines is 1. The molecule has 1 amide bonds. The molecule has 23 heavy (non-hydrogen) atoms. The topological polar surface area (TPSA) is 79.6 Å². The Balaban J connectivity index is 2.15. The van der Waals surface area contributed by atoms with Crippen LogP contribution in [0.3, 0.4) is 0 Å². The van der Waals surface area contributed by atoms with Crippen molar-refractivity contribution < 1.29 is 17.6 Å². The van der Waals surface area contributed by atoms with Crippen LogP contribution in [0, 0.1) is 0 Å². The number of furan rings is 1. The van der Waals surface area contributed by atoms with E-state index < -0.39 is 15.9 Å². The van der Waals surface area contributed by atoms with E-state index in [9.17, 15) is 13.2 Å². The van der Waals surface area contributed by atoms with Gasteiger partial charge in [-0.2, -0.15) is 4.31 Å². The highest BCUT2D eigenvalue weighted by atomic mass is 79.9. The first-order valence-corrected chi connectivity index (χ1v) is 9.28. The van der Waals surface area contributed by atoms with Gasteiger partial charge in [0.05, 0.1) is 4.90 Å². The Morgan fingerprint density at radius 1 is 1.13 bits per heavy atom. The molecule has 0 aliphatic heterocycles. The van der Waals surface area contributed by atoms with Crippen molar-refractivity contribution in [1.82, 2.24) is 4.31 Å². The monoisotopic (exact) mass is 400 g/mol. The van der Waals surface area contributed by atoms with Gasteiger partial charge in [0.25, 0.3) is 5.91 Å². The molecule has 0 atom stereocenters. The summed E-state index contributed by atoms with van der Waals surface area (Å²) in [4.78, 5) is 12.2. The standard InChI is InChI=1S/C15H17BrN2O4S/c1-3-18(4-2)23(20,21)12-7-5-11(6-8-12)17-15(19)13-9-10-14(16)22-13/h5-10H,3-4H2,1-2H3,(H,17,19). The Hall–Kier alpha value is -1.64. The Morgan fingerprint density at radius 3 is 2.22 bits per heavy atom. The van der Waals surface area contributed by atoms with Gasteiger partial charge in [0.15, 0.2) is 10.4 Å². The van der Waals surface area contributed by atoms with Gasteiger partial charge in [0.1, 0.15) is 0 Å². The number of hydrogen-bond acceptors (Lipinski definition) is 4. The zero-order valence-corrected chi connectivity index (χ0v) is 15.1. The molecule has 1 aromatic carbocycles. The lowest BCUT2D eigenvalue weighted by Gasteiger charge is -2.18. The summed E-state index contributed by atoms with van der Waals surface area (Å²) in [5.41, 5.74) is 0.487. The Morgan fingerprint density at radius 2 is 1.74 bits per heavy atom. The molecule has 0 saturated carbocycles. The molecule has 0 fully saturated rings. The Bertz CT molecular complexity index is 780. The number of nitrogens with one attached hydrogen (secondary N) is 1. The van der Waals surface area contributed by atoms with E-state index in [1.807, 2.05) is 0 Å². The van der Waals surface area contributed by atoms with Crippen LogP contribution in [0.25, 0.3) is 0 Å². The highest BCUT2D eigenvalue weighted by Crippen LogP contribution is 2.20. The highest BCUT2D eigenvalue weighted by Gasteiger charge is 2.21. The molecule has 1 N–H and O–H groups in total. The molecule has 0 aliphatic carbocycles. The number of rotatable bonds is 6. The molecule has 124 valence electrons. The van der Waals surface area contributed by atoms with Crippen LogP contribution in [-0.4, -0.2) is 31.7 Å². The van der Waals surface area contributed by atoms with E-state index in [4.69, 9.17) is 4.42 Å². The van der Waals surface area contributed by atoms with Crippen LogP contribution in [0.1, 0.15) is 24.4 Å². The second-order valence-corrected chi connectivity index (χ2v) is 7.39. The number of halogens is 1. The molecule has 8 heteroatoms. The summed E-state index contributed by atoms with van der Waals surface area (Å²) >= 11 is 3.13. The molecule has 1 heterocycles. The summed E-state index contributed by atoms with van der Waals surface area (Å²) in [7, 11) is -3.50. The highest BCUT2D eigenvalue weighted by molar-refractivity contribution is 9.10. The van der Waals surface area contributed by atoms with Gasteiger partial charge < -0.3 is 9.73 Å². The molecule has 0 saturated heterocycles. The van der Waals surface area contributed by atoms with Crippen LogP contribution in [0.15, 0.2) is 50.4 Å². The third-order valence-corrected chi connectivity index (χ3v) is 5.74. The van der Waals surface area contributed by atoms with Crippen molar-refractivity contribution >= 4 is 37.5 Å². The number of benzene rings is 1. The average Bonchev–Trinajstić information content (AvgIpc) is 2.95. The largest absolute Gasteiger partial charge is 0.444 e. The maximum atomic E-state index is 12.4. The third-order valence-electron chi connectivity index (χ3n) is 3.25. The van der Waals surface area contributed by atoms with Crippen molar-refractivity contribution in [3.8, 4) is 0 Å². The third kappa shape index (κ3) is 4.01. The maximum absolute atomic E-state index is 12.4. The molecule has 0 aliphatic rings. The zero-order valence-electron chi connectivity index (χ0n) is 12.7. The van der Waals surface area contributed by atoms with Crippen molar-refractivity contribution in [2.75, 3.05) is 18.4 Å². The van der Waals surface area contributed by atoms with Crippen LogP contribution in [0.4, 0.5) is 5.69 Å². The summed E-state index contributed by atoms with van der Waals surface area (Å²) in [5.74, 6) is -0.244. The van der Waals surface area contributed by atoms with Gasteiger partial charge in [0, 0.05) is 18.8 Å². The molecule has 6 nitrogen and oxygen atoms in total. The van der Waals surface area contributed by atoms with Gasteiger partial charge in [-0.1, -0.05) is 13.8 Å². The summed E-state index contributed by atoms with van der Waals surface area (Å²) in [6, 6.07) is 9.20. The summed E-state index contributed by atoms with van der Waals surface area (Å²) in [6.45, 7) is 4.39. The number of amides is 1. The maximum Gasteiger partial charge on any atom is 0.291 e. The van der Waals surface area contributed by atoms with Crippen LogP contribution in [0.5, 0.6) is 0 Å². The number of carbonyl (C=O) groups is 1. The van der Waals surface area contributed by atoms with Gasteiger partial charge in [-0.25, -0.2) is 8.42 Å². The fraction of sp³-hybridized carbons (Fsp3) is 0.267. The van der Waals surface area contributed by atoms with E-state index in [1.54, 1.807) is 38.1 Å².